The third-order valence-corrected chi connectivity index (χ3v) is 7.67. The van der Waals surface area contributed by atoms with Crippen molar-refractivity contribution in [1.29, 1.82) is 5.26 Å². The Labute approximate surface area is 252 Å². The van der Waals surface area contributed by atoms with Gasteiger partial charge in [-0.15, -0.1) is 4.99 Å². The van der Waals surface area contributed by atoms with Crippen LogP contribution in [0.3, 0.4) is 0 Å². The van der Waals surface area contributed by atoms with Crippen molar-refractivity contribution >= 4 is 57.9 Å². The van der Waals surface area contributed by atoms with Crippen LogP contribution in [0.15, 0.2) is 45.8 Å². The lowest BCUT2D eigenvalue weighted by molar-refractivity contribution is -0.139. The first-order valence-electron chi connectivity index (χ1n) is 13.4. The minimum atomic E-state index is -1.37. The molecule has 0 radical (unpaired) electrons. The Hall–Kier alpha value is -4.27. The monoisotopic (exact) mass is 612 g/mol. The summed E-state index contributed by atoms with van der Waals surface area (Å²) in [6, 6.07) is 9.14. The molecule has 0 aliphatic carbocycles. The number of furan rings is 1. The van der Waals surface area contributed by atoms with E-state index in [9.17, 15) is 19.5 Å². The number of carbonyl (C=O) groups excluding carboxylic acids is 2. The van der Waals surface area contributed by atoms with Gasteiger partial charge in [0.2, 0.25) is 12.2 Å². The van der Waals surface area contributed by atoms with Gasteiger partial charge in [0.1, 0.15) is 11.6 Å². The molecule has 1 aliphatic rings. The van der Waals surface area contributed by atoms with Gasteiger partial charge in [0.05, 0.1) is 15.6 Å². The van der Waals surface area contributed by atoms with Gasteiger partial charge in [-0.1, -0.05) is 41.4 Å². The predicted octanol–water partition coefficient (Wildman–Crippen LogP) is 4.12. The Bertz CT molecular complexity index is 1520. The first kappa shape index (κ1) is 30.7. The quantitative estimate of drug-likeness (QED) is 0.159. The summed E-state index contributed by atoms with van der Waals surface area (Å²) in [6.45, 7) is 3.12. The van der Waals surface area contributed by atoms with E-state index in [2.05, 4.69) is 20.9 Å². The number of aliphatic imine (C=N–C) groups is 1. The lowest BCUT2D eigenvalue weighted by Crippen LogP contribution is -2.52. The highest BCUT2D eigenvalue weighted by Gasteiger charge is 2.27. The van der Waals surface area contributed by atoms with Gasteiger partial charge in [-0.05, 0) is 61.9 Å². The molecule has 11 nitrogen and oxygen atoms in total. The van der Waals surface area contributed by atoms with E-state index in [4.69, 9.17) is 32.9 Å². The van der Waals surface area contributed by atoms with Crippen LogP contribution >= 0.6 is 23.2 Å². The number of nitriles is 1. The molecule has 0 bridgehead atoms. The number of rotatable bonds is 9. The molecule has 1 aromatic heterocycles. The van der Waals surface area contributed by atoms with Gasteiger partial charge in [-0.3, -0.25) is 9.59 Å². The van der Waals surface area contributed by atoms with Crippen molar-refractivity contribution in [3.8, 4) is 6.19 Å². The molecule has 2 aromatic carbocycles. The Balaban J connectivity index is 1.42. The molecule has 0 unspecified atom stereocenters. The average Bonchev–Trinajstić information content (AvgIpc) is 3.41. The number of halogens is 2. The first-order chi connectivity index (χ1) is 20.2. The maximum Gasteiger partial charge on any atom is 0.328 e. The largest absolute Gasteiger partial charge is 0.480 e. The van der Waals surface area contributed by atoms with Gasteiger partial charge in [0, 0.05) is 31.6 Å². The predicted molar refractivity (Wildman–Crippen MR) is 159 cm³/mol. The Morgan fingerprint density at radius 2 is 1.86 bits per heavy atom. The second-order valence-corrected chi connectivity index (χ2v) is 10.6. The molecule has 13 heteroatoms. The highest BCUT2D eigenvalue weighted by atomic mass is 35.5. The number of para-hydroxylation sites is 1. The number of aryl methyl sites for hydroxylation is 1. The minimum Gasteiger partial charge on any atom is -0.480 e. The van der Waals surface area contributed by atoms with Gasteiger partial charge in [0.25, 0.3) is 11.8 Å². The zero-order chi connectivity index (χ0) is 30.2. The number of likely N-dealkylation sites (tertiary alicyclic amines) is 1. The Kier molecular flexibility index (Phi) is 10.3. The third-order valence-electron chi connectivity index (χ3n) is 6.96. The fraction of sp³-hybridized carbons (Fsp3) is 0.345. The summed E-state index contributed by atoms with van der Waals surface area (Å²) in [5.41, 5.74) is 1.81. The molecule has 220 valence electrons. The van der Waals surface area contributed by atoms with Gasteiger partial charge < -0.3 is 30.4 Å². The molecule has 1 saturated heterocycles. The number of hydrogen-bond acceptors (Lipinski definition) is 6. The van der Waals surface area contributed by atoms with Crippen molar-refractivity contribution in [1.82, 2.24) is 20.9 Å². The standard InChI is InChI=1S/C29H30Cl2N6O5/c1-17-13-20(30)24(25(31)19(17)9-10-33-26(38)23-14-18-7-3-4-8-22(18)42-23)27(39)36-21(28(40)41)15-34-29(35-16-32)37-11-5-2-6-12-37/h3-4,7-8,13-14,21H,2,5-6,9-12,15H2,1H3,(H,33,38)(H,34,35)(H,36,39)(H,40,41)/t21-/m0/s1. The van der Waals surface area contributed by atoms with Crippen molar-refractivity contribution in [2.45, 2.75) is 38.6 Å². The lowest BCUT2D eigenvalue weighted by Gasteiger charge is -2.30. The summed E-state index contributed by atoms with van der Waals surface area (Å²) in [4.78, 5) is 43.5. The molecule has 4 N–H and O–H groups in total. The van der Waals surface area contributed by atoms with Crippen molar-refractivity contribution in [3.63, 3.8) is 0 Å². The van der Waals surface area contributed by atoms with Crippen LogP contribution in [-0.4, -0.2) is 66.0 Å². The number of fused-ring (bicyclic) bond motifs is 1. The average molecular weight is 614 g/mol. The van der Waals surface area contributed by atoms with E-state index in [0.29, 0.717) is 29.8 Å². The Morgan fingerprint density at radius 3 is 2.55 bits per heavy atom. The van der Waals surface area contributed by atoms with Crippen LogP contribution in [0.4, 0.5) is 0 Å². The van der Waals surface area contributed by atoms with Crippen molar-refractivity contribution in [2.24, 2.45) is 4.99 Å². The topological polar surface area (TPSA) is 160 Å². The van der Waals surface area contributed by atoms with Gasteiger partial charge >= 0.3 is 5.97 Å². The van der Waals surface area contributed by atoms with Gasteiger partial charge in [-0.25, -0.2) is 4.79 Å². The van der Waals surface area contributed by atoms with Crippen LogP contribution in [0.1, 0.15) is 51.3 Å². The summed E-state index contributed by atoms with van der Waals surface area (Å²) >= 11 is 13.0. The lowest BCUT2D eigenvalue weighted by atomic mass is 10.0. The summed E-state index contributed by atoms with van der Waals surface area (Å²) < 4.78 is 5.60. The molecule has 2 amide bonds. The molecule has 3 aromatic rings. The second-order valence-electron chi connectivity index (χ2n) is 9.83. The highest BCUT2D eigenvalue weighted by molar-refractivity contribution is 6.40. The summed E-state index contributed by atoms with van der Waals surface area (Å²) in [5.74, 6) is -2.03. The van der Waals surface area contributed by atoms with E-state index in [-0.39, 0.29) is 46.8 Å². The maximum atomic E-state index is 13.2. The number of carbonyl (C=O) groups is 3. The number of amides is 2. The number of carboxylic acid groups (broad SMARTS) is 1. The molecule has 2 heterocycles. The normalized spacial score (nSPS) is 14.2. The molecule has 1 fully saturated rings. The van der Waals surface area contributed by atoms with Gasteiger partial charge in [0.15, 0.2) is 5.76 Å². The molecule has 1 aliphatic heterocycles. The number of carboxylic acids is 1. The molecule has 4 rings (SSSR count). The number of nitrogens with zero attached hydrogens (tertiary/aromatic N) is 3. The van der Waals surface area contributed by atoms with Crippen LogP contribution in [0.2, 0.25) is 10.0 Å². The van der Waals surface area contributed by atoms with Gasteiger partial charge in [-0.2, -0.15) is 5.26 Å². The number of benzene rings is 2. The molecular weight excluding hydrogens is 583 g/mol. The number of nitrogens with one attached hydrogen (secondary N) is 3. The van der Waals surface area contributed by atoms with Crippen LogP contribution < -0.4 is 16.0 Å². The minimum absolute atomic E-state index is 0.0576. The summed E-state index contributed by atoms with van der Waals surface area (Å²) in [6.07, 6.45) is 4.94. The molecule has 0 spiro atoms. The zero-order valence-corrected chi connectivity index (χ0v) is 24.4. The number of piperidine rings is 1. The van der Waals surface area contributed by atoms with Crippen LogP contribution in [-0.2, 0) is 11.2 Å². The van der Waals surface area contributed by atoms with Crippen LogP contribution in [0.25, 0.3) is 11.0 Å². The van der Waals surface area contributed by atoms with Crippen LogP contribution in [0.5, 0.6) is 0 Å². The fourth-order valence-electron chi connectivity index (χ4n) is 4.77. The number of guanidine groups is 1. The van der Waals surface area contributed by atoms with E-state index in [1.807, 2.05) is 23.1 Å². The molecule has 42 heavy (non-hydrogen) atoms. The summed E-state index contributed by atoms with van der Waals surface area (Å²) in [5, 5.41) is 27.9. The first-order valence-corrected chi connectivity index (χ1v) is 14.2. The molecule has 1 atom stereocenters. The fourth-order valence-corrected chi connectivity index (χ4v) is 5.60. The highest BCUT2D eigenvalue weighted by Crippen LogP contribution is 2.31. The number of aliphatic carboxylic acids is 1. The molecular formula is C29H30Cl2N6O5. The third kappa shape index (κ3) is 7.32. The van der Waals surface area contributed by atoms with E-state index in [0.717, 1.165) is 24.6 Å². The smallest absolute Gasteiger partial charge is 0.328 e. The van der Waals surface area contributed by atoms with Crippen LogP contribution in [0, 0.1) is 18.4 Å². The zero-order valence-electron chi connectivity index (χ0n) is 22.9. The second kappa shape index (κ2) is 14.1. The molecule has 0 saturated carbocycles. The summed E-state index contributed by atoms with van der Waals surface area (Å²) in [7, 11) is 0. The van der Waals surface area contributed by atoms with Crippen molar-refractivity contribution in [2.75, 3.05) is 26.2 Å². The number of hydrogen-bond donors (Lipinski definition) is 4. The maximum absolute atomic E-state index is 13.2. The van der Waals surface area contributed by atoms with Crippen molar-refractivity contribution in [3.05, 3.63) is 68.9 Å². The van der Waals surface area contributed by atoms with Crippen molar-refractivity contribution < 1.29 is 23.9 Å². The van der Waals surface area contributed by atoms with E-state index < -0.39 is 23.8 Å². The van der Waals surface area contributed by atoms with E-state index in [1.165, 1.54) is 0 Å². The van der Waals surface area contributed by atoms with E-state index >= 15 is 0 Å². The van der Waals surface area contributed by atoms with E-state index in [1.54, 1.807) is 31.3 Å². The SMILES string of the molecule is Cc1cc(Cl)c(C(=O)N[C@@H](CN/C(=N/C#N)N2CCCCC2)C(=O)O)c(Cl)c1CCNC(=O)c1cc2ccccc2o1. The Morgan fingerprint density at radius 1 is 1.12 bits per heavy atom.